The molecule has 1 aromatic carbocycles. The van der Waals surface area contributed by atoms with Gasteiger partial charge >= 0.3 is 6.03 Å². The third-order valence-electron chi connectivity index (χ3n) is 3.41. The van der Waals surface area contributed by atoms with E-state index >= 15 is 0 Å². The highest BCUT2D eigenvalue weighted by atomic mass is 35.5. The van der Waals surface area contributed by atoms with Gasteiger partial charge in [-0.1, -0.05) is 11.6 Å². The predicted octanol–water partition coefficient (Wildman–Crippen LogP) is 1.99. The zero-order valence-electron chi connectivity index (χ0n) is 11.5. The molecule has 3 N–H and O–H groups in total. The van der Waals surface area contributed by atoms with Crippen LogP contribution in [0.25, 0.3) is 0 Å². The van der Waals surface area contributed by atoms with Crippen molar-refractivity contribution in [1.29, 1.82) is 0 Å². The maximum atomic E-state index is 12.4. The van der Waals surface area contributed by atoms with Gasteiger partial charge in [-0.15, -0.1) is 0 Å². The van der Waals surface area contributed by atoms with Crippen LogP contribution in [0.3, 0.4) is 0 Å². The van der Waals surface area contributed by atoms with Crippen LogP contribution in [0.5, 0.6) is 0 Å². The van der Waals surface area contributed by atoms with Crippen LogP contribution in [0.1, 0.15) is 6.42 Å². The Morgan fingerprint density at radius 2 is 2.14 bits per heavy atom. The zero-order chi connectivity index (χ0) is 15.5. The highest BCUT2D eigenvalue weighted by Gasteiger charge is 2.33. The number of hydrogen-bond donors (Lipinski definition) is 3. The molecule has 8 heteroatoms. The lowest BCUT2D eigenvalue weighted by molar-refractivity contribution is -0.118. The number of H-pyrrole nitrogens is 1. The van der Waals surface area contributed by atoms with Gasteiger partial charge in [-0.2, -0.15) is 5.10 Å². The molecule has 114 valence electrons. The fraction of sp³-hybridized carbons (Fsp3) is 0.214. The molecule has 1 aliphatic rings. The fourth-order valence-electron chi connectivity index (χ4n) is 2.34. The van der Waals surface area contributed by atoms with Crippen molar-refractivity contribution in [1.82, 2.24) is 15.5 Å². The van der Waals surface area contributed by atoms with E-state index in [2.05, 4.69) is 20.8 Å². The summed E-state index contributed by atoms with van der Waals surface area (Å²) in [5.74, 6) is -0.135. The largest absolute Gasteiger partial charge is 0.326 e. The monoisotopic (exact) mass is 319 g/mol. The number of hydrogen-bond acceptors (Lipinski definition) is 3. The average molecular weight is 320 g/mol. The Kier molecular flexibility index (Phi) is 3.97. The molecule has 0 unspecified atom stereocenters. The molecule has 0 bridgehead atoms. The van der Waals surface area contributed by atoms with E-state index in [4.69, 9.17) is 11.6 Å². The van der Waals surface area contributed by atoms with Crippen molar-refractivity contribution in [3.8, 4) is 0 Å². The van der Waals surface area contributed by atoms with E-state index in [0.29, 0.717) is 23.7 Å². The molecule has 0 aliphatic carbocycles. The molecule has 2 heterocycles. The summed E-state index contributed by atoms with van der Waals surface area (Å²) in [5.41, 5.74) is 1.31. The smallest absolute Gasteiger partial charge is 0.319 e. The number of aromatic amines is 1. The van der Waals surface area contributed by atoms with Gasteiger partial charge in [-0.05, 0) is 30.7 Å². The summed E-state index contributed by atoms with van der Waals surface area (Å²) in [6, 6.07) is 6.07. The van der Waals surface area contributed by atoms with Crippen LogP contribution in [0.2, 0.25) is 5.02 Å². The van der Waals surface area contributed by atoms with Gasteiger partial charge in [0, 0.05) is 23.5 Å². The summed E-state index contributed by atoms with van der Waals surface area (Å²) in [7, 11) is 0. The average Bonchev–Trinajstić information content (AvgIpc) is 3.11. The number of aromatic nitrogens is 2. The van der Waals surface area contributed by atoms with E-state index in [0.717, 1.165) is 5.69 Å². The van der Waals surface area contributed by atoms with Crippen LogP contribution in [0.15, 0.2) is 36.7 Å². The summed E-state index contributed by atoms with van der Waals surface area (Å²) in [4.78, 5) is 25.8. The number of carbonyl (C=O) groups excluding carboxylic acids is 2. The molecular weight excluding hydrogens is 306 g/mol. The van der Waals surface area contributed by atoms with Crippen LogP contribution < -0.4 is 15.5 Å². The standard InChI is InChI=1S/C14H14ClN5O2/c15-9-1-3-11(4-2-9)20-6-5-12(13(20)21)19-14(22)18-10-7-16-17-8-10/h1-4,7-8,12H,5-6H2,(H,16,17)(H2,18,19,22)/t12-/m0/s1. The number of amides is 3. The van der Waals surface area contributed by atoms with Gasteiger partial charge in [0.2, 0.25) is 5.91 Å². The summed E-state index contributed by atoms with van der Waals surface area (Å²) < 4.78 is 0. The highest BCUT2D eigenvalue weighted by molar-refractivity contribution is 6.30. The lowest BCUT2D eigenvalue weighted by Gasteiger charge is -2.17. The number of benzene rings is 1. The quantitative estimate of drug-likeness (QED) is 0.808. The Hall–Kier alpha value is -2.54. The third kappa shape index (κ3) is 3.04. The third-order valence-corrected chi connectivity index (χ3v) is 3.66. The molecule has 1 fully saturated rings. The minimum absolute atomic E-state index is 0.135. The van der Waals surface area contributed by atoms with Crippen molar-refractivity contribution in [2.75, 3.05) is 16.8 Å². The van der Waals surface area contributed by atoms with Gasteiger partial charge in [0.1, 0.15) is 6.04 Å². The Bertz CT molecular complexity index is 671. The SMILES string of the molecule is O=C(Nc1cn[nH]c1)N[C@H]1CCN(c2ccc(Cl)cc2)C1=O. The molecule has 1 aromatic heterocycles. The molecule has 1 atom stereocenters. The van der Waals surface area contributed by atoms with E-state index < -0.39 is 12.1 Å². The molecule has 3 amide bonds. The Balaban J connectivity index is 1.61. The van der Waals surface area contributed by atoms with Crippen molar-refractivity contribution in [2.24, 2.45) is 0 Å². The Morgan fingerprint density at radius 3 is 2.82 bits per heavy atom. The van der Waals surface area contributed by atoms with E-state index in [1.54, 1.807) is 35.4 Å². The van der Waals surface area contributed by atoms with Crippen molar-refractivity contribution in [2.45, 2.75) is 12.5 Å². The van der Waals surface area contributed by atoms with Crippen LogP contribution in [0.4, 0.5) is 16.2 Å². The Labute approximate surface area is 131 Å². The second-order valence-corrected chi connectivity index (χ2v) is 5.33. The van der Waals surface area contributed by atoms with Crippen LogP contribution >= 0.6 is 11.6 Å². The molecular formula is C14H14ClN5O2. The minimum Gasteiger partial charge on any atom is -0.326 e. The summed E-state index contributed by atoms with van der Waals surface area (Å²) >= 11 is 5.84. The predicted molar refractivity (Wildman–Crippen MR) is 83.0 cm³/mol. The first-order valence-electron chi connectivity index (χ1n) is 6.77. The summed E-state index contributed by atoms with van der Waals surface area (Å²) in [6.07, 6.45) is 3.59. The number of anilines is 2. The molecule has 22 heavy (non-hydrogen) atoms. The topological polar surface area (TPSA) is 90.1 Å². The second kappa shape index (κ2) is 6.07. The lowest BCUT2D eigenvalue weighted by Crippen LogP contribution is -2.43. The van der Waals surface area contributed by atoms with Crippen molar-refractivity contribution >= 4 is 34.9 Å². The first kappa shape index (κ1) is 14.4. The number of halogens is 1. The maximum absolute atomic E-state index is 12.4. The highest BCUT2D eigenvalue weighted by Crippen LogP contribution is 2.23. The molecule has 1 aliphatic heterocycles. The van der Waals surface area contributed by atoms with Gasteiger partial charge in [-0.3, -0.25) is 9.89 Å². The molecule has 1 saturated heterocycles. The van der Waals surface area contributed by atoms with Gasteiger partial charge in [0.25, 0.3) is 0 Å². The number of rotatable bonds is 3. The number of carbonyl (C=O) groups is 2. The number of nitrogens with one attached hydrogen (secondary N) is 3. The first-order valence-corrected chi connectivity index (χ1v) is 7.14. The number of nitrogens with zero attached hydrogens (tertiary/aromatic N) is 2. The van der Waals surface area contributed by atoms with E-state index in [9.17, 15) is 9.59 Å². The second-order valence-electron chi connectivity index (χ2n) is 4.89. The molecule has 0 spiro atoms. The normalized spacial score (nSPS) is 17.6. The maximum Gasteiger partial charge on any atom is 0.319 e. The van der Waals surface area contributed by atoms with Gasteiger partial charge in [0.05, 0.1) is 11.9 Å². The van der Waals surface area contributed by atoms with Crippen molar-refractivity contribution < 1.29 is 9.59 Å². The minimum atomic E-state index is -0.539. The van der Waals surface area contributed by atoms with E-state index in [1.165, 1.54) is 6.20 Å². The van der Waals surface area contributed by atoms with E-state index in [-0.39, 0.29) is 5.91 Å². The lowest BCUT2D eigenvalue weighted by atomic mass is 10.2. The fourth-order valence-corrected chi connectivity index (χ4v) is 2.46. The molecule has 0 radical (unpaired) electrons. The van der Waals surface area contributed by atoms with Crippen LogP contribution in [-0.4, -0.2) is 34.7 Å². The summed E-state index contributed by atoms with van der Waals surface area (Å²) in [5, 5.41) is 12.2. The molecule has 7 nitrogen and oxygen atoms in total. The van der Waals surface area contributed by atoms with Crippen molar-refractivity contribution in [3.63, 3.8) is 0 Å². The molecule has 0 saturated carbocycles. The van der Waals surface area contributed by atoms with Crippen LogP contribution in [0, 0.1) is 0 Å². The van der Waals surface area contributed by atoms with Crippen molar-refractivity contribution in [3.05, 3.63) is 41.7 Å². The zero-order valence-corrected chi connectivity index (χ0v) is 12.3. The van der Waals surface area contributed by atoms with E-state index in [1.807, 2.05) is 0 Å². The van der Waals surface area contributed by atoms with Gasteiger partial charge in [-0.25, -0.2) is 4.79 Å². The van der Waals surface area contributed by atoms with Gasteiger partial charge < -0.3 is 15.5 Å². The van der Waals surface area contributed by atoms with Crippen LogP contribution in [-0.2, 0) is 4.79 Å². The molecule has 2 aromatic rings. The molecule has 3 rings (SSSR count). The van der Waals surface area contributed by atoms with Gasteiger partial charge in [0.15, 0.2) is 0 Å². The number of urea groups is 1. The first-order chi connectivity index (χ1) is 10.6. The summed E-state index contributed by atoms with van der Waals surface area (Å²) in [6.45, 7) is 0.553. The Morgan fingerprint density at radius 1 is 1.36 bits per heavy atom.